The van der Waals surface area contributed by atoms with E-state index in [9.17, 15) is 14.4 Å². The van der Waals surface area contributed by atoms with Crippen LogP contribution >= 0.6 is 0 Å². The van der Waals surface area contributed by atoms with Gasteiger partial charge in [-0.15, -0.1) is 0 Å². The normalized spacial score (nSPS) is 21.0. The Hall–Kier alpha value is -3.57. The molecule has 1 aromatic carbocycles. The van der Waals surface area contributed by atoms with Crippen molar-refractivity contribution in [2.45, 2.75) is 26.0 Å². The van der Waals surface area contributed by atoms with Gasteiger partial charge in [0.1, 0.15) is 24.7 Å². The first-order chi connectivity index (χ1) is 17.2. The van der Waals surface area contributed by atoms with Crippen LogP contribution in [-0.2, 0) is 14.3 Å². The number of carbonyl (C=O) groups is 3. The third-order valence-electron chi connectivity index (χ3n) is 6.05. The van der Waals surface area contributed by atoms with Crippen LogP contribution in [0.4, 0.5) is 5.69 Å². The van der Waals surface area contributed by atoms with Crippen molar-refractivity contribution < 1.29 is 28.6 Å². The van der Waals surface area contributed by atoms with E-state index in [0.717, 1.165) is 0 Å². The van der Waals surface area contributed by atoms with Gasteiger partial charge in [0.05, 0.1) is 23.9 Å². The highest BCUT2D eigenvalue weighted by Crippen LogP contribution is 2.27. The summed E-state index contributed by atoms with van der Waals surface area (Å²) in [6, 6.07) is 4.47. The third kappa shape index (κ3) is 6.55. The Labute approximate surface area is 210 Å². The highest BCUT2D eigenvalue weighted by Gasteiger charge is 2.31. The Kier molecular flexibility index (Phi) is 9.31. The largest absolute Gasteiger partial charge is 0.491 e. The summed E-state index contributed by atoms with van der Waals surface area (Å²) in [5, 5.41) is 2.72. The van der Waals surface area contributed by atoms with Gasteiger partial charge in [0, 0.05) is 64.4 Å². The molecule has 1 aliphatic heterocycles. The Morgan fingerprint density at radius 1 is 1.19 bits per heavy atom. The zero-order valence-electron chi connectivity index (χ0n) is 21.3. The molecule has 0 aliphatic carbocycles. The molecule has 0 unspecified atom stereocenters. The van der Waals surface area contributed by atoms with Crippen LogP contribution < -0.4 is 10.1 Å². The Morgan fingerprint density at radius 3 is 2.64 bits per heavy atom. The summed E-state index contributed by atoms with van der Waals surface area (Å²) in [6.45, 7) is 4.52. The molecule has 0 fully saturated rings. The van der Waals surface area contributed by atoms with Crippen LogP contribution in [0.1, 0.15) is 34.7 Å². The van der Waals surface area contributed by atoms with Crippen LogP contribution in [0.15, 0.2) is 36.8 Å². The molecule has 3 atom stereocenters. The van der Waals surface area contributed by atoms with Crippen molar-refractivity contribution >= 4 is 23.4 Å². The lowest BCUT2D eigenvalue weighted by molar-refractivity contribution is -0.119. The molecule has 11 nitrogen and oxygen atoms in total. The van der Waals surface area contributed by atoms with Crippen LogP contribution in [0, 0.1) is 5.92 Å². The number of carbonyl (C=O) groups excluding carboxylic acids is 3. The van der Waals surface area contributed by atoms with Crippen molar-refractivity contribution in [3.05, 3.63) is 48.0 Å². The monoisotopic (exact) mass is 499 g/mol. The number of ether oxygens (including phenoxy) is 3. The molecule has 194 valence electrons. The minimum absolute atomic E-state index is 0.0920. The van der Waals surface area contributed by atoms with Gasteiger partial charge in [-0.1, -0.05) is 6.92 Å². The summed E-state index contributed by atoms with van der Waals surface area (Å²) in [4.78, 5) is 50.1. The summed E-state index contributed by atoms with van der Waals surface area (Å²) in [5.74, 6) is -0.646. The van der Waals surface area contributed by atoms with E-state index in [4.69, 9.17) is 14.2 Å². The molecule has 0 spiro atoms. The molecular formula is C25H33N5O6. The van der Waals surface area contributed by atoms with Crippen molar-refractivity contribution in [2.75, 3.05) is 52.9 Å². The van der Waals surface area contributed by atoms with E-state index < -0.39 is 0 Å². The van der Waals surface area contributed by atoms with Gasteiger partial charge in [0.15, 0.2) is 0 Å². The molecular weight excluding hydrogens is 466 g/mol. The topological polar surface area (TPSA) is 123 Å². The van der Waals surface area contributed by atoms with E-state index in [0.29, 0.717) is 30.1 Å². The fraction of sp³-hybridized carbons (Fsp3) is 0.480. The Balaban J connectivity index is 1.97. The highest BCUT2D eigenvalue weighted by molar-refractivity contribution is 5.98. The summed E-state index contributed by atoms with van der Waals surface area (Å²) < 4.78 is 16.7. The van der Waals surface area contributed by atoms with E-state index in [-0.39, 0.29) is 54.7 Å². The number of nitrogens with one attached hydrogen (secondary N) is 1. The first-order valence-electron chi connectivity index (χ1n) is 11.7. The van der Waals surface area contributed by atoms with Gasteiger partial charge in [-0.25, -0.2) is 4.98 Å². The second kappa shape index (κ2) is 12.4. The minimum Gasteiger partial charge on any atom is -0.491 e. The van der Waals surface area contributed by atoms with E-state index in [1.165, 1.54) is 25.7 Å². The minimum atomic E-state index is -0.369. The Morgan fingerprint density at radius 2 is 1.97 bits per heavy atom. The fourth-order valence-electron chi connectivity index (χ4n) is 4.02. The van der Waals surface area contributed by atoms with Crippen molar-refractivity contribution in [3.63, 3.8) is 0 Å². The number of anilines is 1. The van der Waals surface area contributed by atoms with Gasteiger partial charge < -0.3 is 29.3 Å². The van der Waals surface area contributed by atoms with Crippen LogP contribution in [0.5, 0.6) is 5.75 Å². The molecule has 2 heterocycles. The van der Waals surface area contributed by atoms with Gasteiger partial charge in [-0.2, -0.15) is 0 Å². The zero-order valence-corrected chi connectivity index (χ0v) is 21.3. The van der Waals surface area contributed by atoms with Gasteiger partial charge in [-0.3, -0.25) is 19.4 Å². The highest BCUT2D eigenvalue weighted by atomic mass is 16.5. The van der Waals surface area contributed by atoms with E-state index in [2.05, 4.69) is 15.3 Å². The smallest absolute Gasteiger partial charge is 0.274 e. The van der Waals surface area contributed by atoms with Crippen molar-refractivity contribution in [1.29, 1.82) is 0 Å². The van der Waals surface area contributed by atoms with Gasteiger partial charge in [0.25, 0.3) is 11.8 Å². The van der Waals surface area contributed by atoms with Crippen molar-refractivity contribution in [3.8, 4) is 5.75 Å². The molecule has 11 heteroatoms. The molecule has 1 aliphatic rings. The standard InChI is InChI=1S/C25H33N5O6/c1-16-12-30(25(33)20-11-26-8-9-27-20)17(2)14-36-21-10-18(28-23(31)15-34-4)6-7-19(21)24(32)29(3)13-22(16)35-5/h6-11,16-17,22H,12-15H2,1-5H3,(H,28,31)/t16-,17+,22+/m0/s1. The zero-order chi connectivity index (χ0) is 26.2. The van der Waals surface area contributed by atoms with E-state index >= 15 is 0 Å². The molecule has 3 rings (SSSR count). The molecule has 0 bridgehead atoms. The lowest BCUT2D eigenvalue weighted by atomic mass is 10.0. The number of rotatable bonds is 5. The predicted molar refractivity (Wildman–Crippen MR) is 132 cm³/mol. The number of hydrogen-bond donors (Lipinski definition) is 1. The lowest BCUT2D eigenvalue weighted by Crippen LogP contribution is -2.48. The van der Waals surface area contributed by atoms with Gasteiger partial charge in [0.2, 0.25) is 5.91 Å². The van der Waals surface area contributed by atoms with Crippen LogP contribution in [0.2, 0.25) is 0 Å². The quantitative estimate of drug-likeness (QED) is 0.660. The molecule has 1 N–H and O–H groups in total. The van der Waals surface area contributed by atoms with Crippen molar-refractivity contribution in [2.24, 2.45) is 5.92 Å². The molecule has 2 aromatic rings. The second-order valence-electron chi connectivity index (χ2n) is 8.84. The van der Waals surface area contributed by atoms with Gasteiger partial charge >= 0.3 is 0 Å². The number of aromatic nitrogens is 2. The van der Waals surface area contributed by atoms with E-state index in [1.54, 1.807) is 42.2 Å². The molecule has 36 heavy (non-hydrogen) atoms. The summed E-state index contributed by atoms with van der Waals surface area (Å²) in [7, 11) is 4.71. The maximum atomic E-state index is 13.4. The molecule has 3 amide bonds. The SMILES string of the molecule is COCC(=O)Nc1ccc2c(c1)OC[C@@H](C)N(C(=O)c1cnccn1)C[C@H](C)[C@H](OC)CN(C)C2=O. The Bertz CT molecular complexity index is 1070. The number of benzene rings is 1. The maximum Gasteiger partial charge on any atom is 0.274 e. The second-order valence-corrected chi connectivity index (χ2v) is 8.84. The van der Waals surface area contributed by atoms with E-state index in [1.807, 2.05) is 13.8 Å². The van der Waals surface area contributed by atoms with Crippen LogP contribution in [0.3, 0.4) is 0 Å². The first kappa shape index (κ1) is 27.0. The van der Waals surface area contributed by atoms with Crippen LogP contribution in [0.25, 0.3) is 0 Å². The maximum absolute atomic E-state index is 13.4. The first-order valence-corrected chi connectivity index (χ1v) is 11.7. The summed E-state index contributed by atoms with van der Waals surface area (Å²) in [6.07, 6.45) is 4.10. The molecule has 1 aromatic heterocycles. The van der Waals surface area contributed by atoms with Gasteiger partial charge in [-0.05, 0) is 19.1 Å². The predicted octanol–water partition coefficient (Wildman–Crippen LogP) is 1.71. The number of hydrogen-bond acceptors (Lipinski definition) is 8. The molecule has 0 radical (unpaired) electrons. The molecule has 0 saturated heterocycles. The average Bonchev–Trinajstić information content (AvgIpc) is 2.88. The number of amides is 3. The lowest BCUT2D eigenvalue weighted by Gasteiger charge is -2.35. The summed E-state index contributed by atoms with van der Waals surface area (Å²) >= 11 is 0. The fourth-order valence-corrected chi connectivity index (χ4v) is 4.02. The number of likely N-dealkylation sites (N-methyl/N-ethyl adjacent to an activating group) is 1. The average molecular weight is 500 g/mol. The third-order valence-corrected chi connectivity index (χ3v) is 6.05. The number of methoxy groups -OCH3 is 2. The molecule has 0 saturated carbocycles. The van der Waals surface area contributed by atoms with Crippen LogP contribution in [-0.4, -0.2) is 97.2 Å². The number of fused-ring (bicyclic) bond motifs is 1. The summed E-state index contributed by atoms with van der Waals surface area (Å²) in [5.41, 5.74) is 1.03. The van der Waals surface area contributed by atoms with Crippen molar-refractivity contribution in [1.82, 2.24) is 19.8 Å². The number of nitrogens with zero attached hydrogens (tertiary/aromatic N) is 4.